The number of hydrogen-bond donors (Lipinski definition) is 2. The van der Waals surface area contributed by atoms with Crippen molar-refractivity contribution < 1.29 is 0 Å². The van der Waals surface area contributed by atoms with Gasteiger partial charge in [-0.3, -0.25) is 0 Å². The number of rotatable bonds is 6. The van der Waals surface area contributed by atoms with Crippen molar-refractivity contribution in [3.63, 3.8) is 0 Å². The van der Waals surface area contributed by atoms with Crippen LogP contribution in [0.25, 0.3) is 0 Å². The van der Waals surface area contributed by atoms with E-state index in [0.717, 1.165) is 37.0 Å². The molecule has 0 amide bonds. The molecule has 0 bridgehead atoms. The maximum atomic E-state index is 4.47. The van der Waals surface area contributed by atoms with Crippen LogP contribution < -0.4 is 10.6 Å². The Morgan fingerprint density at radius 2 is 1.94 bits per heavy atom. The van der Waals surface area contributed by atoms with Crippen molar-refractivity contribution in [3.8, 4) is 0 Å². The fourth-order valence-electron chi connectivity index (χ4n) is 1.60. The van der Waals surface area contributed by atoms with Crippen molar-refractivity contribution in [3.05, 3.63) is 34.3 Å². The van der Waals surface area contributed by atoms with Crippen molar-refractivity contribution >= 4 is 23.0 Å². The van der Waals surface area contributed by atoms with Crippen molar-refractivity contribution in [2.45, 2.75) is 26.8 Å². The van der Waals surface area contributed by atoms with Crippen molar-refractivity contribution in [2.75, 3.05) is 17.2 Å². The molecule has 0 spiro atoms. The van der Waals surface area contributed by atoms with E-state index in [0.29, 0.717) is 0 Å². The third-order valence-electron chi connectivity index (χ3n) is 2.50. The van der Waals surface area contributed by atoms with Crippen LogP contribution in [0.3, 0.4) is 0 Å². The Morgan fingerprint density at radius 3 is 2.56 bits per heavy atom. The molecule has 0 saturated carbocycles. The molecule has 0 aliphatic heterocycles. The molecule has 0 radical (unpaired) electrons. The summed E-state index contributed by atoms with van der Waals surface area (Å²) in [5.74, 6) is 2.63. The molecule has 2 N–H and O–H groups in total. The van der Waals surface area contributed by atoms with Gasteiger partial charge in [-0.25, -0.2) is 9.97 Å². The Hall–Kier alpha value is -1.62. The highest BCUT2D eigenvalue weighted by Gasteiger charge is 2.03. The summed E-state index contributed by atoms with van der Waals surface area (Å²) < 4.78 is 0. The highest BCUT2D eigenvalue weighted by Crippen LogP contribution is 2.14. The maximum Gasteiger partial charge on any atom is 0.132 e. The summed E-state index contributed by atoms with van der Waals surface area (Å²) in [5, 5.41) is 10.8. The predicted molar refractivity (Wildman–Crippen MR) is 77.2 cm³/mol. The molecule has 4 nitrogen and oxygen atoms in total. The van der Waals surface area contributed by atoms with Gasteiger partial charge < -0.3 is 10.6 Å². The number of nitrogens with zero attached hydrogens (tertiary/aromatic N) is 2. The van der Waals surface area contributed by atoms with Gasteiger partial charge in [0.05, 0.1) is 0 Å². The number of hydrogen-bond acceptors (Lipinski definition) is 5. The van der Waals surface area contributed by atoms with Gasteiger partial charge in [0, 0.05) is 25.6 Å². The molecule has 0 saturated heterocycles. The summed E-state index contributed by atoms with van der Waals surface area (Å²) >= 11 is 1.71. The zero-order valence-electron chi connectivity index (χ0n) is 10.7. The summed E-state index contributed by atoms with van der Waals surface area (Å²) in [6.07, 6.45) is 0.840. The first-order chi connectivity index (χ1) is 8.81. The second-order valence-corrected chi connectivity index (χ2v) is 4.70. The van der Waals surface area contributed by atoms with Gasteiger partial charge in [0.15, 0.2) is 0 Å². The second kappa shape index (κ2) is 6.35. The first-order valence-corrected chi connectivity index (χ1v) is 7.13. The molecular formula is C13H18N4S. The lowest BCUT2D eigenvalue weighted by Gasteiger charge is -2.09. The van der Waals surface area contributed by atoms with Crippen LogP contribution in [0.1, 0.15) is 25.2 Å². The van der Waals surface area contributed by atoms with E-state index in [1.807, 2.05) is 6.07 Å². The molecular weight excluding hydrogens is 244 g/mol. The number of aromatic nitrogens is 2. The number of thiophene rings is 1. The topological polar surface area (TPSA) is 49.8 Å². The van der Waals surface area contributed by atoms with Crippen molar-refractivity contribution in [2.24, 2.45) is 0 Å². The van der Waals surface area contributed by atoms with Crippen LogP contribution in [-0.4, -0.2) is 16.5 Å². The molecule has 0 aliphatic rings. The first-order valence-electron chi connectivity index (χ1n) is 6.18. The van der Waals surface area contributed by atoms with E-state index < -0.39 is 0 Å². The molecule has 0 aromatic carbocycles. The maximum absolute atomic E-state index is 4.47. The van der Waals surface area contributed by atoms with E-state index in [-0.39, 0.29) is 0 Å². The van der Waals surface area contributed by atoms with Crippen LogP contribution in [-0.2, 0) is 13.0 Å². The quantitative estimate of drug-likeness (QED) is 0.839. The second-order valence-electron chi connectivity index (χ2n) is 3.92. The van der Waals surface area contributed by atoms with Crippen molar-refractivity contribution in [1.82, 2.24) is 9.97 Å². The van der Waals surface area contributed by atoms with Crippen molar-refractivity contribution in [1.29, 1.82) is 0 Å². The Balaban J connectivity index is 2.08. The number of anilines is 2. The van der Waals surface area contributed by atoms with E-state index in [2.05, 4.69) is 51.3 Å². The fraction of sp³-hybridized carbons (Fsp3) is 0.385. The van der Waals surface area contributed by atoms with Gasteiger partial charge in [-0.1, -0.05) is 6.92 Å². The monoisotopic (exact) mass is 262 g/mol. The summed E-state index contributed by atoms with van der Waals surface area (Å²) in [6.45, 7) is 5.79. The molecule has 0 aliphatic carbocycles. The van der Waals surface area contributed by atoms with Gasteiger partial charge in [0.1, 0.15) is 17.5 Å². The Kier molecular flexibility index (Phi) is 4.52. The van der Waals surface area contributed by atoms with E-state index in [9.17, 15) is 0 Å². The SMILES string of the molecule is CCNc1cc(NCc2ccsc2)nc(CC)n1. The lowest BCUT2D eigenvalue weighted by atomic mass is 10.3. The van der Waals surface area contributed by atoms with Gasteiger partial charge in [0.25, 0.3) is 0 Å². The van der Waals surface area contributed by atoms with Crippen LogP contribution in [0.15, 0.2) is 22.9 Å². The predicted octanol–water partition coefficient (Wildman–Crippen LogP) is 3.14. The third kappa shape index (κ3) is 3.43. The minimum absolute atomic E-state index is 0.801. The molecule has 2 aromatic heterocycles. The molecule has 96 valence electrons. The molecule has 5 heteroatoms. The Bertz CT molecular complexity index is 482. The van der Waals surface area contributed by atoms with E-state index in [1.54, 1.807) is 11.3 Å². The molecule has 0 unspecified atom stereocenters. The van der Waals surface area contributed by atoms with Crippen LogP contribution in [0, 0.1) is 0 Å². The van der Waals surface area contributed by atoms with Gasteiger partial charge in [0.2, 0.25) is 0 Å². The highest BCUT2D eigenvalue weighted by molar-refractivity contribution is 7.07. The van der Waals surface area contributed by atoms with Gasteiger partial charge >= 0.3 is 0 Å². The number of nitrogens with one attached hydrogen (secondary N) is 2. The zero-order valence-corrected chi connectivity index (χ0v) is 11.5. The van der Waals surface area contributed by atoms with Gasteiger partial charge in [-0.05, 0) is 29.3 Å². The molecule has 18 heavy (non-hydrogen) atoms. The minimum Gasteiger partial charge on any atom is -0.370 e. The van der Waals surface area contributed by atoms with E-state index in [4.69, 9.17) is 0 Å². The van der Waals surface area contributed by atoms with Crippen LogP contribution in [0.2, 0.25) is 0 Å². The summed E-state index contributed by atoms with van der Waals surface area (Å²) in [4.78, 5) is 8.90. The summed E-state index contributed by atoms with van der Waals surface area (Å²) in [7, 11) is 0. The standard InChI is InChI=1S/C13H18N4S/c1-3-11-16-12(14-4-2)7-13(17-11)15-8-10-5-6-18-9-10/h5-7,9H,3-4,8H2,1-2H3,(H2,14,15,16,17). The average Bonchev–Trinajstić information content (AvgIpc) is 2.89. The lowest BCUT2D eigenvalue weighted by molar-refractivity contribution is 0.930. The van der Waals surface area contributed by atoms with Crippen LogP contribution in [0.5, 0.6) is 0 Å². The number of aryl methyl sites for hydroxylation is 1. The minimum atomic E-state index is 0.801. The summed E-state index contributed by atoms with van der Waals surface area (Å²) in [6, 6.07) is 4.07. The van der Waals surface area contributed by atoms with E-state index in [1.165, 1.54) is 5.56 Å². The molecule has 2 rings (SSSR count). The van der Waals surface area contributed by atoms with E-state index >= 15 is 0 Å². The summed E-state index contributed by atoms with van der Waals surface area (Å²) in [5.41, 5.74) is 1.28. The third-order valence-corrected chi connectivity index (χ3v) is 3.23. The van der Waals surface area contributed by atoms with Gasteiger partial charge in [-0.15, -0.1) is 0 Å². The first kappa shape index (κ1) is 12.8. The average molecular weight is 262 g/mol. The highest BCUT2D eigenvalue weighted by atomic mass is 32.1. The molecule has 0 fully saturated rings. The van der Waals surface area contributed by atoms with Gasteiger partial charge in [-0.2, -0.15) is 11.3 Å². The Labute approximate surface area is 111 Å². The zero-order chi connectivity index (χ0) is 12.8. The van der Waals surface area contributed by atoms with Crippen LogP contribution >= 0.6 is 11.3 Å². The largest absolute Gasteiger partial charge is 0.370 e. The molecule has 0 atom stereocenters. The normalized spacial score (nSPS) is 10.3. The Morgan fingerprint density at radius 1 is 1.17 bits per heavy atom. The smallest absolute Gasteiger partial charge is 0.132 e. The van der Waals surface area contributed by atoms with Crippen LogP contribution in [0.4, 0.5) is 11.6 Å². The lowest BCUT2D eigenvalue weighted by Crippen LogP contribution is -2.07. The molecule has 2 heterocycles. The fourth-order valence-corrected chi connectivity index (χ4v) is 2.27. The molecule has 2 aromatic rings.